The minimum atomic E-state index is -0.830. The summed E-state index contributed by atoms with van der Waals surface area (Å²) < 4.78 is 12.7. The number of hydrogen-bond donors (Lipinski definition) is 1. The number of esters is 1. The van der Waals surface area contributed by atoms with Gasteiger partial charge >= 0.3 is 12.1 Å². The highest BCUT2D eigenvalue weighted by atomic mass is 127. The average Bonchev–Trinajstić information content (AvgIpc) is 2.36. The normalized spacial score (nSPS) is 13.1. The highest BCUT2D eigenvalue weighted by Gasteiger charge is 2.29. The van der Waals surface area contributed by atoms with E-state index in [0.29, 0.717) is 6.42 Å². The first kappa shape index (κ1) is 22.2. The van der Waals surface area contributed by atoms with Gasteiger partial charge in [-0.3, -0.25) is 0 Å². The van der Waals surface area contributed by atoms with E-state index >= 15 is 0 Å². The van der Waals surface area contributed by atoms with E-state index in [1.54, 1.807) is 41.5 Å². The standard InChI is InChI=1S/C18H25BrINO4/c1-17(2,3)24-15(22)14(21-16(23)25-18(4,5)6)9-11-7-8-12(19)10-13(11)20/h7-8,10,14H,9H2,1-6H3,(H,21,23)/t14-/m0/s1. The van der Waals surface area contributed by atoms with E-state index in [2.05, 4.69) is 43.8 Å². The molecule has 1 atom stereocenters. The first-order valence-corrected chi connectivity index (χ1v) is 9.80. The molecule has 0 saturated heterocycles. The number of nitrogens with one attached hydrogen (secondary N) is 1. The number of benzene rings is 1. The summed E-state index contributed by atoms with van der Waals surface area (Å²) in [5, 5.41) is 2.64. The van der Waals surface area contributed by atoms with Crippen molar-refractivity contribution in [3.63, 3.8) is 0 Å². The second-order valence-electron chi connectivity index (χ2n) is 7.67. The van der Waals surface area contributed by atoms with Gasteiger partial charge in [0.25, 0.3) is 0 Å². The molecule has 0 aliphatic carbocycles. The molecular weight excluding hydrogens is 501 g/mol. The maximum absolute atomic E-state index is 12.5. The van der Waals surface area contributed by atoms with Crippen molar-refractivity contribution < 1.29 is 19.1 Å². The van der Waals surface area contributed by atoms with Gasteiger partial charge in [0.05, 0.1) is 0 Å². The van der Waals surface area contributed by atoms with E-state index in [4.69, 9.17) is 9.47 Å². The Hall–Kier alpha value is -0.830. The van der Waals surface area contributed by atoms with Gasteiger partial charge in [-0.2, -0.15) is 0 Å². The number of amides is 1. The first-order chi connectivity index (χ1) is 11.3. The fraction of sp³-hybridized carbons (Fsp3) is 0.556. The predicted octanol–water partition coefficient (Wildman–Crippen LogP) is 4.83. The van der Waals surface area contributed by atoms with Crippen LogP contribution in [0.15, 0.2) is 22.7 Å². The van der Waals surface area contributed by atoms with Gasteiger partial charge in [-0.05, 0) is 81.8 Å². The Bertz CT molecular complexity index is 635. The molecule has 1 rings (SSSR count). The van der Waals surface area contributed by atoms with Crippen LogP contribution in [-0.4, -0.2) is 29.3 Å². The Morgan fingerprint density at radius 3 is 2.16 bits per heavy atom. The minimum Gasteiger partial charge on any atom is -0.458 e. The fourth-order valence-electron chi connectivity index (χ4n) is 1.92. The van der Waals surface area contributed by atoms with Gasteiger partial charge in [0.15, 0.2) is 0 Å². The number of hydrogen-bond acceptors (Lipinski definition) is 4. The Balaban J connectivity index is 2.98. The third kappa shape index (κ3) is 8.89. The molecule has 1 N–H and O–H groups in total. The van der Waals surface area contributed by atoms with Crippen molar-refractivity contribution in [3.8, 4) is 0 Å². The molecule has 0 fully saturated rings. The van der Waals surface area contributed by atoms with Crippen LogP contribution in [0.1, 0.15) is 47.1 Å². The summed E-state index contributed by atoms with van der Waals surface area (Å²) >= 11 is 5.62. The molecule has 0 spiro atoms. The van der Waals surface area contributed by atoms with Crippen LogP contribution in [0.4, 0.5) is 4.79 Å². The molecule has 0 aliphatic rings. The zero-order chi connectivity index (χ0) is 19.4. The monoisotopic (exact) mass is 525 g/mol. The van der Waals surface area contributed by atoms with Gasteiger partial charge < -0.3 is 14.8 Å². The second-order valence-corrected chi connectivity index (χ2v) is 9.75. The molecule has 0 bridgehead atoms. The van der Waals surface area contributed by atoms with E-state index in [0.717, 1.165) is 13.6 Å². The van der Waals surface area contributed by atoms with E-state index < -0.39 is 29.3 Å². The SMILES string of the molecule is CC(C)(C)OC(=O)N[C@@H](Cc1ccc(Br)cc1I)C(=O)OC(C)(C)C. The van der Waals surface area contributed by atoms with Crippen LogP contribution in [0.5, 0.6) is 0 Å². The van der Waals surface area contributed by atoms with E-state index in [-0.39, 0.29) is 0 Å². The zero-order valence-corrected chi connectivity index (χ0v) is 19.1. The van der Waals surface area contributed by atoms with Crippen LogP contribution in [0, 0.1) is 3.57 Å². The minimum absolute atomic E-state index is 0.319. The highest BCUT2D eigenvalue weighted by Crippen LogP contribution is 2.21. The van der Waals surface area contributed by atoms with Crippen LogP contribution in [0.2, 0.25) is 0 Å². The van der Waals surface area contributed by atoms with Crippen molar-refractivity contribution in [1.82, 2.24) is 5.32 Å². The number of carbonyl (C=O) groups is 2. The van der Waals surface area contributed by atoms with Crippen molar-refractivity contribution in [1.29, 1.82) is 0 Å². The number of halogens is 2. The van der Waals surface area contributed by atoms with Gasteiger partial charge in [-0.25, -0.2) is 9.59 Å². The molecule has 0 unspecified atom stereocenters. The summed E-state index contributed by atoms with van der Waals surface area (Å²) in [6.45, 7) is 10.7. The Morgan fingerprint density at radius 2 is 1.68 bits per heavy atom. The number of ether oxygens (including phenoxy) is 2. The third-order valence-corrected chi connectivity index (χ3v) is 4.32. The smallest absolute Gasteiger partial charge is 0.408 e. The second kappa shape index (κ2) is 8.70. The summed E-state index contributed by atoms with van der Waals surface area (Å²) in [5.74, 6) is -0.489. The van der Waals surface area contributed by atoms with Crippen LogP contribution in [0.25, 0.3) is 0 Å². The van der Waals surface area contributed by atoms with Crippen LogP contribution in [-0.2, 0) is 20.7 Å². The lowest BCUT2D eigenvalue weighted by Crippen LogP contribution is -2.47. The number of carbonyl (C=O) groups excluding carboxylic acids is 2. The quantitative estimate of drug-likeness (QED) is 0.451. The predicted molar refractivity (Wildman–Crippen MR) is 110 cm³/mol. The molecule has 0 heterocycles. The summed E-state index contributed by atoms with van der Waals surface area (Å²) in [7, 11) is 0. The molecule has 1 aromatic carbocycles. The topological polar surface area (TPSA) is 64.6 Å². The molecule has 1 aromatic rings. The molecule has 25 heavy (non-hydrogen) atoms. The van der Waals surface area contributed by atoms with E-state index in [1.807, 2.05) is 18.2 Å². The molecule has 5 nitrogen and oxygen atoms in total. The molecule has 1 amide bonds. The zero-order valence-electron chi connectivity index (χ0n) is 15.4. The maximum atomic E-state index is 12.5. The van der Waals surface area contributed by atoms with Crippen molar-refractivity contribution in [2.45, 2.75) is 65.2 Å². The molecule has 0 radical (unpaired) electrons. The molecule has 7 heteroatoms. The molecule has 140 valence electrons. The molecule has 0 aromatic heterocycles. The van der Waals surface area contributed by atoms with Gasteiger partial charge in [0.2, 0.25) is 0 Å². The van der Waals surface area contributed by atoms with Gasteiger partial charge in [0.1, 0.15) is 17.2 Å². The van der Waals surface area contributed by atoms with Gasteiger partial charge in [-0.15, -0.1) is 0 Å². The summed E-state index contributed by atoms with van der Waals surface area (Å²) in [5.41, 5.74) is -0.345. The lowest BCUT2D eigenvalue weighted by atomic mass is 10.1. The lowest BCUT2D eigenvalue weighted by Gasteiger charge is -2.26. The first-order valence-electron chi connectivity index (χ1n) is 7.93. The Kier molecular flexibility index (Phi) is 7.73. The maximum Gasteiger partial charge on any atom is 0.408 e. The molecule has 0 saturated carbocycles. The van der Waals surface area contributed by atoms with Gasteiger partial charge in [0, 0.05) is 14.5 Å². The highest BCUT2D eigenvalue weighted by molar-refractivity contribution is 14.1. The number of rotatable bonds is 4. The van der Waals surface area contributed by atoms with E-state index in [1.165, 1.54) is 0 Å². The van der Waals surface area contributed by atoms with Crippen LogP contribution >= 0.6 is 38.5 Å². The third-order valence-electron chi connectivity index (χ3n) is 2.82. The van der Waals surface area contributed by atoms with E-state index in [9.17, 15) is 9.59 Å². The Labute approximate surface area is 171 Å². The van der Waals surface area contributed by atoms with Crippen molar-refractivity contribution in [2.75, 3.05) is 0 Å². The summed E-state index contributed by atoms with van der Waals surface area (Å²) in [6, 6.07) is 4.94. The average molecular weight is 526 g/mol. The summed E-state index contributed by atoms with van der Waals surface area (Å²) in [6.07, 6.45) is -0.324. The number of alkyl carbamates (subject to hydrolysis) is 1. The molecular formula is C18H25BrINO4. The largest absolute Gasteiger partial charge is 0.458 e. The fourth-order valence-corrected chi connectivity index (χ4v) is 3.45. The van der Waals surface area contributed by atoms with Crippen LogP contribution < -0.4 is 5.32 Å². The molecule has 0 aliphatic heterocycles. The van der Waals surface area contributed by atoms with Crippen molar-refractivity contribution in [3.05, 3.63) is 31.8 Å². The van der Waals surface area contributed by atoms with Crippen LogP contribution in [0.3, 0.4) is 0 Å². The lowest BCUT2D eigenvalue weighted by molar-refractivity contribution is -0.157. The Morgan fingerprint density at radius 1 is 1.12 bits per heavy atom. The summed E-state index contributed by atoms with van der Waals surface area (Å²) in [4.78, 5) is 24.7. The van der Waals surface area contributed by atoms with Crippen molar-refractivity contribution >= 4 is 50.6 Å². The van der Waals surface area contributed by atoms with Crippen molar-refractivity contribution in [2.24, 2.45) is 0 Å². The van der Waals surface area contributed by atoms with Gasteiger partial charge in [-0.1, -0.05) is 22.0 Å².